The quantitative estimate of drug-likeness (QED) is 0.665. The van der Waals surface area contributed by atoms with Gasteiger partial charge in [-0.1, -0.05) is 24.3 Å². The Morgan fingerprint density at radius 3 is 2.81 bits per heavy atom. The second-order valence-corrected chi connectivity index (χ2v) is 6.50. The van der Waals surface area contributed by atoms with Gasteiger partial charge in [0.2, 0.25) is 0 Å². The predicted octanol–water partition coefficient (Wildman–Crippen LogP) is 2.99. The van der Waals surface area contributed by atoms with Crippen LogP contribution in [0.4, 0.5) is 0 Å². The Kier molecular flexibility index (Phi) is 6.08. The van der Waals surface area contributed by atoms with Crippen molar-refractivity contribution in [1.29, 1.82) is 0 Å². The number of benzene rings is 2. The number of rotatable bonds is 8. The fourth-order valence-corrected chi connectivity index (χ4v) is 2.93. The lowest BCUT2D eigenvalue weighted by Crippen LogP contribution is -2.30. The minimum Gasteiger partial charge on any atom is -0.483 e. The van der Waals surface area contributed by atoms with Gasteiger partial charge in [-0.15, -0.1) is 0 Å². The Labute approximate surface area is 159 Å². The van der Waals surface area contributed by atoms with Crippen molar-refractivity contribution in [3.05, 3.63) is 59.4 Å². The highest BCUT2D eigenvalue weighted by Crippen LogP contribution is 2.19. The summed E-state index contributed by atoms with van der Waals surface area (Å²) in [7, 11) is 1.67. The van der Waals surface area contributed by atoms with Crippen LogP contribution >= 0.6 is 0 Å². The molecule has 0 aliphatic heterocycles. The number of aryl methyl sites for hydroxylation is 2. The van der Waals surface area contributed by atoms with Crippen LogP contribution < -0.4 is 10.1 Å². The molecule has 0 unspecified atom stereocenters. The first kappa shape index (κ1) is 18.9. The standard InChI is InChI=1S/C21H25N3O3/c1-15-8-9-16(2)19(12-15)27-14-21(25)22-13-20-23-17-6-4-5-7-18(17)24(20)10-11-26-3/h4-9,12H,10-11,13-14H2,1-3H3,(H,22,25). The topological polar surface area (TPSA) is 65.4 Å². The Morgan fingerprint density at radius 2 is 2.00 bits per heavy atom. The van der Waals surface area contributed by atoms with Gasteiger partial charge in [-0.3, -0.25) is 4.79 Å². The maximum absolute atomic E-state index is 12.2. The molecule has 3 rings (SSSR count). The number of nitrogens with zero attached hydrogens (tertiary/aromatic N) is 2. The Morgan fingerprint density at radius 1 is 1.19 bits per heavy atom. The van der Waals surface area contributed by atoms with E-state index < -0.39 is 0 Å². The number of imidazole rings is 1. The molecule has 0 saturated carbocycles. The molecule has 0 fully saturated rings. The lowest BCUT2D eigenvalue weighted by Gasteiger charge is -2.11. The first-order chi connectivity index (χ1) is 13.1. The van der Waals surface area contributed by atoms with Gasteiger partial charge in [-0.2, -0.15) is 0 Å². The van der Waals surface area contributed by atoms with Gasteiger partial charge in [0.25, 0.3) is 5.91 Å². The molecule has 0 spiro atoms. The minimum absolute atomic E-state index is 0.0252. The molecule has 142 valence electrons. The fraction of sp³-hybridized carbons (Fsp3) is 0.333. The molecule has 3 aromatic rings. The van der Waals surface area contributed by atoms with Gasteiger partial charge in [0, 0.05) is 13.7 Å². The van der Waals surface area contributed by atoms with Gasteiger partial charge < -0.3 is 19.4 Å². The van der Waals surface area contributed by atoms with E-state index in [1.807, 2.05) is 56.3 Å². The van der Waals surface area contributed by atoms with Gasteiger partial charge in [0.15, 0.2) is 6.61 Å². The molecule has 0 atom stereocenters. The molecule has 1 N–H and O–H groups in total. The number of nitrogens with one attached hydrogen (secondary N) is 1. The summed E-state index contributed by atoms with van der Waals surface area (Å²) in [6.07, 6.45) is 0. The van der Waals surface area contributed by atoms with Crippen LogP contribution in [0.1, 0.15) is 17.0 Å². The van der Waals surface area contributed by atoms with Crippen LogP contribution in [-0.4, -0.2) is 35.8 Å². The van der Waals surface area contributed by atoms with Crippen LogP contribution in [0, 0.1) is 13.8 Å². The van der Waals surface area contributed by atoms with Gasteiger partial charge in [-0.25, -0.2) is 4.98 Å². The van der Waals surface area contributed by atoms with Crippen LogP contribution in [0.25, 0.3) is 11.0 Å². The van der Waals surface area contributed by atoms with Crippen molar-refractivity contribution < 1.29 is 14.3 Å². The molecule has 0 bridgehead atoms. The number of fused-ring (bicyclic) bond motifs is 1. The Hall–Kier alpha value is -2.86. The summed E-state index contributed by atoms with van der Waals surface area (Å²) in [6, 6.07) is 13.9. The van der Waals surface area contributed by atoms with E-state index in [1.165, 1.54) is 0 Å². The van der Waals surface area contributed by atoms with Crippen molar-refractivity contribution in [2.45, 2.75) is 26.9 Å². The molecule has 6 heteroatoms. The Balaban J connectivity index is 1.63. The smallest absolute Gasteiger partial charge is 0.258 e. The second kappa shape index (κ2) is 8.68. The second-order valence-electron chi connectivity index (χ2n) is 6.50. The third kappa shape index (κ3) is 4.65. The maximum Gasteiger partial charge on any atom is 0.258 e. The average molecular weight is 367 g/mol. The fourth-order valence-electron chi connectivity index (χ4n) is 2.93. The first-order valence-electron chi connectivity index (χ1n) is 8.98. The number of hydrogen-bond donors (Lipinski definition) is 1. The summed E-state index contributed by atoms with van der Waals surface area (Å²) >= 11 is 0. The zero-order chi connectivity index (χ0) is 19.2. The zero-order valence-corrected chi connectivity index (χ0v) is 16.0. The van der Waals surface area contributed by atoms with Gasteiger partial charge in [0.1, 0.15) is 11.6 Å². The van der Waals surface area contributed by atoms with Gasteiger partial charge in [-0.05, 0) is 43.2 Å². The van der Waals surface area contributed by atoms with E-state index in [9.17, 15) is 4.79 Å². The molecule has 2 aromatic carbocycles. The number of amides is 1. The predicted molar refractivity (Wildman–Crippen MR) is 105 cm³/mol. The summed E-state index contributed by atoms with van der Waals surface area (Å²) in [5.41, 5.74) is 4.05. The van der Waals surface area contributed by atoms with Crippen molar-refractivity contribution in [2.75, 3.05) is 20.3 Å². The molecule has 6 nitrogen and oxygen atoms in total. The van der Waals surface area contributed by atoms with Crippen LogP contribution in [-0.2, 0) is 22.6 Å². The first-order valence-corrected chi connectivity index (χ1v) is 8.98. The van der Waals surface area contributed by atoms with E-state index in [2.05, 4.69) is 14.9 Å². The summed E-state index contributed by atoms with van der Waals surface area (Å²) in [6.45, 7) is 5.54. The highest BCUT2D eigenvalue weighted by Gasteiger charge is 2.12. The van der Waals surface area contributed by atoms with Crippen LogP contribution in [0.5, 0.6) is 5.75 Å². The number of hydrogen-bond acceptors (Lipinski definition) is 4. The third-order valence-corrected chi connectivity index (χ3v) is 4.40. The van der Waals surface area contributed by atoms with Crippen LogP contribution in [0.3, 0.4) is 0 Å². The maximum atomic E-state index is 12.2. The number of aromatic nitrogens is 2. The lowest BCUT2D eigenvalue weighted by atomic mass is 10.1. The molecule has 0 aliphatic rings. The third-order valence-electron chi connectivity index (χ3n) is 4.40. The molecular weight excluding hydrogens is 342 g/mol. The number of methoxy groups -OCH3 is 1. The zero-order valence-electron chi connectivity index (χ0n) is 16.0. The van der Waals surface area contributed by atoms with E-state index in [-0.39, 0.29) is 12.5 Å². The van der Waals surface area contributed by atoms with Crippen molar-refractivity contribution in [2.24, 2.45) is 0 Å². The van der Waals surface area contributed by atoms with Crippen LogP contribution in [0.2, 0.25) is 0 Å². The summed E-state index contributed by atoms with van der Waals surface area (Å²) in [5.74, 6) is 1.35. The number of para-hydroxylation sites is 2. The lowest BCUT2D eigenvalue weighted by molar-refractivity contribution is -0.123. The average Bonchev–Trinajstić information content (AvgIpc) is 3.03. The Bertz CT molecular complexity index is 934. The molecule has 1 aromatic heterocycles. The van der Waals surface area contributed by atoms with Crippen molar-refractivity contribution >= 4 is 16.9 Å². The SMILES string of the molecule is COCCn1c(CNC(=O)COc2cc(C)ccc2C)nc2ccccc21. The summed E-state index contributed by atoms with van der Waals surface area (Å²) in [4.78, 5) is 16.9. The van der Waals surface area contributed by atoms with Crippen molar-refractivity contribution in [1.82, 2.24) is 14.9 Å². The number of ether oxygens (including phenoxy) is 2. The minimum atomic E-state index is -0.179. The molecule has 0 radical (unpaired) electrons. The number of carbonyl (C=O) groups is 1. The molecular formula is C21H25N3O3. The van der Waals surface area contributed by atoms with E-state index in [0.29, 0.717) is 19.7 Å². The molecule has 27 heavy (non-hydrogen) atoms. The van der Waals surface area contributed by atoms with E-state index in [4.69, 9.17) is 9.47 Å². The van der Waals surface area contributed by atoms with Gasteiger partial charge in [0.05, 0.1) is 24.2 Å². The highest BCUT2D eigenvalue weighted by atomic mass is 16.5. The molecule has 0 aliphatic carbocycles. The van der Waals surface area contributed by atoms with E-state index >= 15 is 0 Å². The van der Waals surface area contributed by atoms with Crippen molar-refractivity contribution in [3.63, 3.8) is 0 Å². The van der Waals surface area contributed by atoms with E-state index in [0.717, 1.165) is 33.7 Å². The largest absolute Gasteiger partial charge is 0.483 e. The summed E-state index contributed by atoms with van der Waals surface area (Å²) < 4.78 is 12.9. The highest BCUT2D eigenvalue weighted by molar-refractivity contribution is 5.78. The van der Waals surface area contributed by atoms with E-state index in [1.54, 1.807) is 7.11 Å². The van der Waals surface area contributed by atoms with Crippen LogP contribution in [0.15, 0.2) is 42.5 Å². The monoisotopic (exact) mass is 367 g/mol. The molecule has 0 saturated heterocycles. The summed E-state index contributed by atoms with van der Waals surface area (Å²) in [5, 5.41) is 2.89. The normalized spacial score (nSPS) is 10.9. The molecule has 1 amide bonds. The van der Waals surface area contributed by atoms with Crippen molar-refractivity contribution in [3.8, 4) is 5.75 Å². The van der Waals surface area contributed by atoms with Gasteiger partial charge >= 0.3 is 0 Å². The number of carbonyl (C=O) groups excluding carboxylic acids is 1. The molecule has 1 heterocycles.